The normalized spacial score (nSPS) is 19.4. The van der Waals surface area contributed by atoms with Crippen LogP contribution in [0.15, 0.2) is 48.5 Å². The molecule has 5 rings (SSSR count). The first-order valence-electron chi connectivity index (χ1n) is 11.5. The number of rotatable bonds is 7. The van der Waals surface area contributed by atoms with Crippen molar-refractivity contribution in [2.45, 2.75) is 38.3 Å². The molecule has 3 heterocycles. The number of fused-ring (bicyclic) bond motifs is 3. The van der Waals surface area contributed by atoms with E-state index in [1.54, 1.807) is 36.1 Å². The fourth-order valence-electron chi connectivity index (χ4n) is 4.55. The van der Waals surface area contributed by atoms with E-state index in [-0.39, 0.29) is 24.3 Å². The Morgan fingerprint density at radius 2 is 1.97 bits per heavy atom. The zero-order valence-corrected chi connectivity index (χ0v) is 18.9. The van der Waals surface area contributed by atoms with Gasteiger partial charge in [-0.25, -0.2) is 9.78 Å². The average molecular weight is 463 g/mol. The lowest BCUT2D eigenvalue weighted by Gasteiger charge is -2.19. The molecule has 2 amide bonds. The molecule has 3 aromatic rings. The number of para-hydroxylation sites is 2. The number of amides is 2. The largest absolute Gasteiger partial charge is 0.462 e. The third-order valence-electron chi connectivity index (χ3n) is 6.15. The van der Waals surface area contributed by atoms with Gasteiger partial charge in [-0.3, -0.25) is 19.1 Å². The lowest BCUT2D eigenvalue weighted by molar-refractivity contribution is -0.124. The number of benzene rings is 2. The van der Waals surface area contributed by atoms with Crippen LogP contribution in [-0.2, 0) is 19.1 Å². The predicted molar refractivity (Wildman–Crippen MR) is 126 cm³/mol. The molecule has 1 saturated heterocycles. The van der Waals surface area contributed by atoms with Crippen molar-refractivity contribution in [2.75, 3.05) is 30.0 Å². The van der Waals surface area contributed by atoms with Crippen molar-refractivity contribution >= 4 is 40.5 Å². The Hall–Kier alpha value is -3.72. The Kier molecular flexibility index (Phi) is 6.02. The fraction of sp³-hybridized carbons (Fsp3) is 0.360. The molecular weight excluding hydrogens is 436 g/mol. The number of aromatic nitrogens is 2. The molecule has 2 aromatic carbocycles. The van der Waals surface area contributed by atoms with Gasteiger partial charge in [0.1, 0.15) is 6.04 Å². The first kappa shape index (κ1) is 22.1. The Balaban J connectivity index is 1.35. The molecule has 176 valence electrons. The third-order valence-corrected chi connectivity index (χ3v) is 6.15. The molecule has 0 unspecified atom stereocenters. The number of esters is 1. The van der Waals surface area contributed by atoms with Crippen LogP contribution in [0.1, 0.15) is 42.6 Å². The predicted octanol–water partition coefficient (Wildman–Crippen LogP) is 3.31. The third kappa shape index (κ3) is 4.14. The molecule has 1 aromatic heterocycles. The monoisotopic (exact) mass is 462 g/mol. The highest BCUT2D eigenvalue weighted by molar-refractivity contribution is 6.05. The highest BCUT2D eigenvalue weighted by Crippen LogP contribution is 2.37. The standard InChI is InChI=1S/C25H26N4O5/c1-2-33-24(32)16-9-11-17(12-10-16)26-22(30)14-21-23(31)28(15-18-6-5-13-34-18)25-27-19-7-3-4-8-20(19)29(21)25/h3-4,7-12,18,21H,2,5-6,13-15H2,1H3,(H,26,30)/t18-,21-/m1/s1. The molecule has 2 aliphatic rings. The van der Waals surface area contributed by atoms with E-state index in [1.807, 2.05) is 28.8 Å². The Morgan fingerprint density at radius 3 is 2.71 bits per heavy atom. The van der Waals surface area contributed by atoms with Crippen LogP contribution in [0.25, 0.3) is 11.0 Å². The molecule has 0 bridgehead atoms. The van der Waals surface area contributed by atoms with E-state index in [4.69, 9.17) is 9.47 Å². The second-order valence-electron chi connectivity index (χ2n) is 8.42. The number of nitrogens with zero attached hydrogens (tertiary/aromatic N) is 3. The van der Waals surface area contributed by atoms with Gasteiger partial charge in [-0.1, -0.05) is 12.1 Å². The van der Waals surface area contributed by atoms with E-state index < -0.39 is 12.0 Å². The van der Waals surface area contributed by atoms with Gasteiger partial charge in [0.15, 0.2) is 0 Å². The minimum Gasteiger partial charge on any atom is -0.462 e. The summed E-state index contributed by atoms with van der Waals surface area (Å²) in [6.45, 7) is 3.16. The van der Waals surface area contributed by atoms with Crippen molar-refractivity contribution in [1.29, 1.82) is 0 Å². The lowest BCUT2D eigenvalue weighted by atomic mass is 10.1. The van der Waals surface area contributed by atoms with Gasteiger partial charge in [-0.2, -0.15) is 0 Å². The molecule has 2 aliphatic heterocycles. The highest BCUT2D eigenvalue weighted by Gasteiger charge is 2.42. The maximum absolute atomic E-state index is 13.4. The van der Waals surface area contributed by atoms with Gasteiger partial charge in [0, 0.05) is 12.3 Å². The zero-order chi connectivity index (χ0) is 23.7. The summed E-state index contributed by atoms with van der Waals surface area (Å²) in [5.74, 6) is -0.317. The van der Waals surface area contributed by atoms with Crippen LogP contribution in [0.2, 0.25) is 0 Å². The van der Waals surface area contributed by atoms with Crippen LogP contribution >= 0.6 is 0 Å². The van der Waals surface area contributed by atoms with Crippen molar-refractivity contribution < 1.29 is 23.9 Å². The summed E-state index contributed by atoms with van der Waals surface area (Å²) in [5, 5.41) is 2.83. The van der Waals surface area contributed by atoms with Crippen molar-refractivity contribution in [3.63, 3.8) is 0 Å². The summed E-state index contributed by atoms with van der Waals surface area (Å²) < 4.78 is 12.6. The number of hydrogen-bond acceptors (Lipinski definition) is 6. The van der Waals surface area contributed by atoms with Crippen LogP contribution in [0.3, 0.4) is 0 Å². The van der Waals surface area contributed by atoms with E-state index in [1.165, 1.54) is 0 Å². The summed E-state index contributed by atoms with van der Waals surface area (Å²) in [6.07, 6.45) is 1.82. The average Bonchev–Trinajstić information content (AvgIpc) is 3.54. The number of hydrogen-bond donors (Lipinski definition) is 1. The van der Waals surface area contributed by atoms with Gasteiger partial charge in [0.2, 0.25) is 11.9 Å². The molecule has 9 heteroatoms. The topological polar surface area (TPSA) is 103 Å². The molecule has 0 spiro atoms. The summed E-state index contributed by atoms with van der Waals surface area (Å²) in [6, 6.07) is 13.4. The number of carbonyl (C=O) groups excluding carboxylic acids is 3. The van der Waals surface area contributed by atoms with Gasteiger partial charge < -0.3 is 14.8 Å². The molecular formula is C25H26N4O5. The van der Waals surface area contributed by atoms with Gasteiger partial charge in [0.05, 0.1) is 42.3 Å². The van der Waals surface area contributed by atoms with Crippen molar-refractivity contribution in [1.82, 2.24) is 9.55 Å². The van der Waals surface area contributed by atoms with Crippen molar-refractivity contribution in [3.8, 4) is 0 Å². The van der Waals surface area contributed by atoms with Crippen LogP contribution in [-0.4, -0.2) is 53.2 Å². The summed E-state index contributed by atoms with van der Waals surface area (Å²) in [4.78, 5) is 44.5. The first-order chi connectivity index (χ1) is 16.5. The van der Waals surface area contributed by atoms with Gasteiger partial charge >= 0.3 is 5.97 Å². The lowest BCUT2D eigenvalue weighted by Crippen LogP contribution is -2.37. The number of nitrogens with one attached hydrogen (secondary N) is 1. The smallest absolute Gasteiger partial charge is 0.338 e. The molecule has 1 N–H and O–H groups in total. The maximum Gasteiger partial charge on any atom is 0.338 e. The number of imidazole rings is 1. The van der Waals surface area contributed by atoms with Crippen LogP contribution in [0.4, 0.5) is 11.6 Å². The Bertz CT molecular complexity index is 1230. The fourth-order valence-corrected chi connectivity index (χ4v) is 4.55. The second-order valence-corrected chi connectivity index (χ2v) is 8.42. The highest BCUT2D eigenvalue weighted by atomic mass is 16.5. The van der Waals surface area contributed by atoms with E-state index in [0.717, 1.165) is 23.9 Å². The molecule has 0 aliphatic carbocycles. The summed E-state index contributed by atoms with van der Waals surface area (Å²) in [7, 11) is 0. The molecule has 2 atom stereocenters. The van der Waals surface area contributed by atoms with Crippen molar-refractivity contribution in [2.24, 2.45) is 0 Å². The zero-order valence-electron chi connectivity index (χ0n) is 18.9. The van der Waals surface area contributed by atoms with Crippen LogP contribution < -0.4 is 10.2 Å². The van der Waals surface area contributed by atoms with Gasteiger partial charge in [0.25, 0.3) is 5.91 Å². The molecule has 34 heavy (non-hydrogen) atoms. The molecule has 9 nitrogen and oxygen atoms in total. The first-order valence-corrected chi connectivity index (χ1v) is 11.5. The summed E-state index contributed by atoms with van der Waals surface area (Å²) >= 11 is 0. The van der Waals surface area contributed by atoms with E-state index in [9.17, 15) is 14.4 Å². The minimum absolute atomic E-state index is 0.0253. The molecule has 0 radical (unpaired) electrons. The SMILES string of the molecule is CCOC(=O)c1ccc(NC(=O)C[C@@H]2C(=O)N(C[C@H]3CCCO3)c3nc4ccccc4n32)cc1. The second kappa shape index (κ2) is 9.26. The Morgan fingerprint density at radius 1 is 1.18 bits per heavy atom. The van der Waals surface area contributed by atoms with Crippen molar-refractivity contribution in [3.05, 3.63) is 54.1 Å². The van der Waals surface area contributed by atoms with Gasteiger partial charge in [-0.15, -0.1) is 0 Å². The quantitative estimate of drug-likeness (QED) is 0.541. The number of ether oxygens (including phenoxy) is 2. The van der Waals surface area contributed by atoms with Crippen LogP contribution in [0, 0.1) is 0 Å². The molecule has 1 fully saturated rings. The van der Waals surface area contributed by atoms with Gasteiger partial charge in [-0.05, 0) is 56.2 Å². The minimum atomic E-state index is -0.692. The number of anilines is 2. The summed E-state index contributed by atoms with van der Waals surface area (Å²) in [5.41, 5.74) is 2.54. The number of carbonyl (C=O) groups is 3. The van der Waals surface area contributed by atoms with E-state index >= 15 is 0 Å². The Labute approximate surface area is 196 Å². The molecule has 0 saturated carbocycles. The maximum atomic E-state index is 13.4. The van der Waals surface area contributed by atoms with E-state index in [2.05, 4.69) is 10.3 Å². The van der Waals surface area contributed by atoms with E-state index in [0.29, 0.717) is 37.0 Å². The van der Waals surface area contributed by atoms with Crippen LogP contribution in [0.5, 0.6) is 0 Å².